The maximum absolute atomic E-state index is 13.1. The highest BCUT2D eigenvalue weighted by atomic mass is 19.1. The molecule has 0 unspecified atom stereocenters. The molecule has 0 atom stereocenters. The minimum absolute atomic E-state index is 0.0333. The van der Waals surface area contributed by atoms with Gasteiger partial charge in [-0.25, -0.2) is 4.39 Å². The number of aryl methyl sites for hydroxylation is 1. The standard InChI is InChI=1S/C25H25FN4O2/c26-19-9-11-20(12-10-19)27-15-17-28(18-16-27)24(31)8-4-14-30-22-6-2-1-5-21(22)29-13-3-7-23(29)25(30)32/h1-3,5-7,9-13H,4,8,14-18H2. The summed E-state index contributed by atoms with van der Waals surface area (Å²) in [5.74, 6) is -0.129. The summed E-state index contributed by atoms with van der Waals surface area (Å²) in [6.45, 7) is 3.26. The third kappa shape index (κ3) is 3.75. The van der Waals surface area contributed by atoms with Gasteiger partial charge in [0.25, 0.3) is 5.56 Å². The number of carbonyl (C=O) groups excluding carboxylic acids is 1. The number of nitrogens with zero attached hydrogens (tertiary/aromatic N) is 4. The zero-order chi connectivity index (χ0) is 22.1. The van der Waals surface area contributed by atoms with Gasteiger partial charge >= 0.3 is 0 Å². The van der Waals surface area contributed by atoms with Crippen LogP contribution in [0.5, 0.6) is 0 Å². The molecule has 1 aliphatic rings. The van der Waals surface area contributed by atoms with E-state index in [1.165, 1.54) is 12.1 Å². The van der Waals surface area contributed by atoms with Gasteiger partial charge in [-0.05, 0) is 55.0 Å². The number of halogens is 1. The molecule has 2 aromatic carbocycles. The summed E-state index contributed by atoms with van der Waals surface area (Å²) in [4.78, 5) is 29.8. The number of benzene rings is 2. The zero-order valence-electron chi connectivity index (χ0n) is 17.8. The molecule has 0 bridgehead atoms. The van der Waals surface area contributed by atoms with Crippen LogP contribution in [0.4, 0.5) is 10.1 Å². The van der Waals surface area contributed by atoms with Crippen LogP contribution in [0.15, 0.2) is 71.7 Å². The van der Waals surface area contributed by atoms with Crippen molar-refractivity contribution < 1.29 is 9.18 Å². The SMILES string of the molecule is O=C(CCCn1c(=O)c2cccn2c2ccccc21)N1CCN(c2ccc(F)cc2)CC1. The first-order valence-electron chi connectivity index (χ1n) is 11.0. The second-order valence-electron chi connectivity index (χ2n) is 8.16. The highest BCUT2D eigenvalue weighted by Crippen LogP contribution is 2.18. The van der Waals surface area contributed by atoms with Crippen LogP contribution < -0.4 is 10.5 Å². The molecule has 3 heterocycles. The Bertz CT molecular complexity index is 1320. The lowest BCUT2D eigenvalue weighted by atomic mass is 10.2. The summed E-state index contributed by atoms with van der Waals surface area (Å²) < 4.78 is 16.8. The van der Waals surface area contributed by atoms with E-state index in [9.17, 15) is 14.0 Å². The number of anilines is 1. The Morgan fingerprint density at radius 1 is 0.844 bits per heavy atom. The first-order chi connectivity index (χ1) is 15.6. The topological polar surface area (TPSA) is 50.0 Å². The number of fused-ring (bicyclic) bond motifs is 3. The molecular formula is C25H25FN4O2. The van der Waals surface area contributed by atoms with Crippen LogP contribution in [-0.2, 0) is 11.3 Å². The third-order valence-corrected chi connectivity index (χ3v) is 6.24. The zero-order valence-corrected chi connectivity index (χ0v) is 17.8. The summed E-state index contributed by atoms with van der Waals surface area (Å²) >= 11 is 0. The summed E-state index contributed by atoms with van der Waals surface area (Å²) in [6.07, 6.45) is 2.92. The number of aromatic nitrogens is 2. The maximum atomic E-state index is 13.1. The normalized spacial score (nSPS) is 14.4. The largest absolute Gasteiger partial charge is 0.368 e. The average molecular weight is 432 g/mol. The third-order valence-electron chi connectivity index (χ3n) is 6.24. The van der Waals surface area contributed by atoms with Crippen molar-refractivity contribution in [2.75, 3.05) is 31.1 Å². The average Bonchev–Trinajstić information content (AvgIpc) is 3.32. The van der Waals surface area contributed by atoms with Crippen LogP contribution in [-0.4, -0.2) is 46.0 Å². The van der Waals surface area contributed by atoms with Gasteiger partial charge < -0.3 is 18.8 Å². The molecule has 0 spiro atoms. The minimum Gasteiger partial charge on any atom is -0.368 e. The van der Waals surface area contributed by atoms with Crippen molar-refractivity contribution in [2.24, 2.45) is 0 Å². The van der Waals surface area contributed by atoms with E-state index in [0.717, 1.165) is 29.8 Å². The van der Waals surface area contributed by atoms with Crippen LogP contribution in [0.1, 0.15) is 12.8 Å². The molecule has 1 saturated heterocycles. The summed E-state index contributed by atoms with van der Waals surface area (Å²) in [5.41, 5.74) is 3.45. The van der Waals surface area contributed by atoms with E-state index in [-0.39, 0.29) is 17.3 Å². The number of hydrogen-bond donors (Lipinski definition) is 0. The molecule has 164 valence electrons. The first kappa shape index (κ1) is 20.3. The fourth-order valence-electron chi connectivity index (χ4n) is 4.54. The van der Waals surface area contributed by atoms with Crippen LogP contribution >= 0.6 is 0 Å². The summed E-state index contributed by atoms with van der Waals surface area (Å²) in [7, 11) is 0. The Hall–Kier alpha value is -3.61. The van der Waals surface area contributed by atoms with Crippen LogP contribution in [0.25, 0.3) is 16.6 Å². The van der Waals surface area contributed by atoms with Gasteiger partial charge in [-0.2, -0.15) is 0 Å². The predicted octanol–water partition coefficient (Wildman–Crippen LogP) is 3.52. The quantitative estimate of drug-likeness (QED) is 0.485. The number of para-hydroxylation sites is 2. The Morgan fingerprint density at radius 2 is 1.53 bits per heavy atom. The van der Waals surface area contributed by atoms with Crippen molar-refractivity contribution in [2.45, 2.75) is 19.4 Å². The van der Waals surface area contributed by atoms with Crippen molar-refractivity contribution in [3.63, 3.8) is 0 Å². The van der Waals surface area contributed by atoms with E-state index in [1.807, 2.05) is 51.9 Å². The number of rotatable bonds is 5. The van der Waals surface area contributed by atoms with E-state index < -0.39 is 0 Å². The first-order valence-corrected chi connectivity index (χ1v) is 11.0. The molecule has 2 aromatic heterocycles. The molecular weight excluding hydrogens is 407 g/mol. The lowest BCUT2D eigenvalue weighted by molar-refractivity contribution is -0.131. The highest BCUT2D eigenvalue weighted by Gasteiger charge is 2.21. The van der Waals surface area contributed by atoms with Gasteiger partial charge in [0.15, 0.2) is 0 Å². The minimum atomic E-state index is -0.245. The summed E-state index contributed by atoms with van der Waals surface area (Å²) in [5, 5.41) is 0. The molecule has 1 aliphatic heterocycles. The second kappa shape index (κ2) is 8.49. The highest BCUT2D eigenvalue weighted by molar-refractivity contribution is 5.79. The number of carbonyl (C=O) groups is 1. The van der Waals surface area contributed by atoms with Gasteiger partial charge in [0.1, 0.15) is 11.3 Å². The van der Waals surface area contributed by atoms with Gasteiger partial charge in [-0.15, -0.1) is 0 Å². The van der Waals surface area contributed by atoms with E-state index >= 15 is 0 Å². The Morgan fingerprint density at radius 3 is 2.28 bits per heavy atom. The van der Waals surface area contributed by atoms with E-state index in [4.69, 9.17) is 0 Å². The molecule has 1 fully saturated rings. The molecule has 1 amide bonds. The molecule has 0 saturated carbocycles. The number of amides is 1. The molecule has 6 nitrogen and oxygen atoms in total. The fourth-order valence-corrected chi connectivity index (χ4v) is 4.54. The monoisotopic (exact) mass is 432 g/mol. The Balaban J connectivity index is 1.22. The Kier molecular flexibility index (Phi) is 5.39. The summed E-state index contributed by atoms with van der Waals surface area (Å²) in [6, 6.07) is 18.0. The number of hydrogen-bond acceptors (Lipinski definition) is 3. The lowest BCUT2D eigenvalue weighted by Gasteiger charge is -2.36. The second-order valence-corrected chi connectivity index (χ2v) is 8.16. The molecule has 0 radical (unpaired) electrons. The van der Waals surface area contributed by atoms with Crippen molar-refractivity contribution in [3.8, 4) is 0 Å². The fraction of sp³-hybridized carbons (Fsp3) is 0.280. The van der Waals surface area contributed by atoms with Gasteiger partial charge in [0.2, 0.25) is 5.91 Å². The smallest absolute Gasteiger partial charge is 0.275 e. The molecule has 0 aliphatic carbocycles. The van der Waals surface area contributed by atoms with Crippen molar-refractivity contribution in [1.82, 2.24) is 13.9 Å². The van der Waals surface area contributed by atoms with Gasteiger partial charge in [0.05, 0.1) is 11.0 Å². The Labute approximate surface area is 185 Å². The van der Waals surface area contributed by atoms with Crippen LogP contribution in [0.3, 0.4) is 0 Å². The van der Waals surface area contributed by atoms with Gasteiger partial charge in [-0.3, -0.25) is 9.59 Å². The maximum Gasteiger partial charge on any atom is 0.275 e. The number of piperazine rings is 1. The van der Waals surface area contributed by atoms with E-state index in [0.29, 0.717) is 38.0 Å². The van der Waals surface area contributed by atoms with Crippen LogP contribution in [0.2, 0.25) is 0 Å². The molecule has 0 N–H and O–H groups in total. The molecule has 32 heavy (non-hydrogen) atoms. The van der Waals surface area contributed by atoms with Gasteiger partial charge in [0, 0.05) is 51.0 Å². The predicted molar refractivity (Wildman–Crippen MR) is 124 cm³/mol. The van der Waals surface area contributed by atoms with E-state index in [2.05, 4.69) is 4.90 Å². The van der Waals surface area contributed by atoms with E-state index in [1.54, 1.807) is 16.7 Å². The molecule has 7 heteroatoms. The van der Waals surface area contributed by atoms with Crippen molar-refractivity contribution in [3.05, 3.63) is 83.0 Å². The van der Waals surface area contributed by atoms with Crippen molar-refractivity contribution >= 4 is 28.1 Å². The lowest BCUT2D eigenvalue weighted by Crippen LogP contribution is -2.48. The van der Waals surface area contributed by atoms with Crippen LogP contribution in [0, 0.1) is 5.82 Å². The van der Waals surface area contributed by atoms with Crippen molar-refractivity contribution in [1.29, 1.82) is 0 Å². The van der Waals surface area contributed by atoms with Gasteiger partial charge in [-0.1, -0.05) is 12.1 Å². The molecule has 5 rings (SSSR count). The molecule has 4 aromatic rings.